The second-order valence-corrected chi connectivity index (χ2v) is 7.90. The molecule has 3 rings (SSSR count). The van der Waals surface area contributed by atoms with E-state index in [2.05, 4.69) is 5.32 Å². The van der Waals surface area contributed by atoms with Crippen LogP contribution in [0.3, 0.4) is 0 Å². The average Bonchev–Trinajstić information content (AvgIpc) is 3.18. The molecular weight excluding hydrogens is 409 g/mol. The van der Waals surface area contributed by atoms with Gasteiger partial charge in [-0.2, -0.15) is 5.41 Å². The van der Waals surface area contributed by atoms with Crippen molar-refractivity contribution in [3.63, 3.8) is 0 Å². The molecule has 1 atom stereocenters. The van der Waals surface area contributed by atoms with Gasteiger partial charge in [-0.3, -0.25) is 0 Å². The first kappa shape index (κ1) is 21.1. The number of hydrogen-bond donors (Lipinski definition) is 3. The van der Waals surface area contributed by atoms with E-state index >= 15 is 0 Å². The molecule has 152 valence electrons. The highest BCUT2D eigenvalue weighted by Crippen LogP contribution is 2.22. The smallest absolute Gasteiger partial charge is 0.322 e. The lowest BCUT2D eigenvalue weighted by molar-refractivity contribution is -0.433. The summed E-state index contributed by atoms with van der Waals surface area (Å²) < 4.78 is 1.74. The maximum Gasteiger partial charge on any atom is 0.322 e. The number of anilines is 1. The number of benzene rings is 2. The molecule has 0 saturated carbocycles. The maximum absolute atomic E-state index is 12.8. The zero-order chi connectivity index (χ0) is 21.0. The topological polar surface area (TPSA) is 85.2 Å². The average molecular weight is 433 g/mol. The molecule has 0 bridgehead atoms. The highest BCUT2D eigenvalue weighted by molar-refractivity contribution is 6.30. The van der Waals surface area contributed by atoms with E-state index in [1.54, 1.807) is 40.7 Å². The number of nitrogens with two attached hydrogens (primary N) is 1. The Labute approximate surface area is 180 Å². The Morgan fingerprint density at radius 2 is 1.76 bits per heavy atom. The molecule has 0 radical (unpaired) electrons. The third-order valence-corrected chi connectivity index (χ3v) is 5.40. The summed E-state index contributed by atoms with van der Waals surface area (Å²) in [7, 11) is 0. The number of nitrogens with zero attached hydrogens (tertiary/aromatic N) is 2. The van der Waals surface area contributed by atoms with Gasteiger partial charge in [0.2, 0.25) is 0 Å². The monoisotopic (exact) mass is 432 g/mol. The Balaban J connectivity index is 1.74. The van der Waals surface area contributed by atoms with Crippen molar-refractivity contribution in [2.75, 3.05) is 11.9 Å². The van der Waals surface area contributed by atoms with Crippen molar-refractivity contribution in [3.05, 3.63) is 64.1 Å². The second-order valence-electron chi connectivity index (χ2n) is 7.03. The van der Waals surface area contributed by atoms with Crippen LogP contribution in [0.25, 0.3) is 0 Å². The summed E-state index contributed by atoms with van der Waals surface area (Å²) in [6.45, 7) is 2.80. The molecule has 0 aromatic heterocycles. The van der Waals surface area contributed by atoms with Crippen LogP contribution in [-0.4, -0.2) is 39.8 Å². The standard InChI is InChI=1S/C21H23Cl2N5O/c1-14(24)28(13-15-4-6-16(22)7-5-15)20(25)19-3-2-12-27(19)21(29)26-18-10-8-17(23)9-11-18/h4-11,19,24-25H,2-3,12-13H2,1H3,(H,26,29)/p+1/t19-/m1/s1. The summed E-state index contributed by atoms with van der Waals surface area (Å²) >= 11 is 11.9. The molecule has 29 heavy (non-hydrogen) atoms. The molecule has 0 unspecified atom stereocenters. The number of urea groups is 1. The Hall–Kier alpha value is -2.57. The van der Waals surface area contributed by atoms with Crippen LogP contribution in [0, 0.1) is 5.41 Å². The van der Waals surface area contributed by atoms with Gasteiger partial charge in [0.05, 0.1) is 6.54 Å². The molecule has 1 saturated heterocycles. The summed E-state index contributed by atoms with van der Waals surface area (Å²) in [4.78, 5) is 14.5. The number of amides is 2. The minimum absolute atomic E-state index is 0.235. The zero-order valence-electron chi connectivity index (χ0n) is 16.2. The predicted octanol–water partition coefficient (Wildman–Crippen LogP) is 4.56. The van der Waals surface area contributed by atoms with Gasteiger partial charge in [0.25, 0.3) is 5.84 Å². The molecule has 1 fully saturated rings. The van der Waals surface area contributed by atoms with E-state index in [9.17, 15) is 4.79 Å². The molecule has 0 spiro atoms. The van der Waals surface area contributed by atoms with Gasteiger partial charge in [0.1, 0.15) is 6.04 Å². The largest absolute Gasteiger partial charge is 0.322 e. The molecule has 1 heterocycles. The first-order valence-electron chi connectivity index (χ1n) is 9.38. The minimum atomic E-state index is -0.340. The lowest BCUT2D eigenvalue weighted by Crippen LogP contribution is -2.47. The van der Waals surface area contributed by atoms with E-state index in [4.69, 9.17) is 34.3 Å². The first-order chi connectivity index (χ1) is 13.8. The normalized spacial score (nSPS) is 17.1. The van der Waals surface area contributed by atoms with Crippen molar-refractivity contribution in [1.29, 1.82) is 5.41 Å². The van der Waals surface area contributed by atoms with E-state index in [0.29, 0.717) is 40.5 Å². The molecule has 0 aliphatic carbocycles. The molecular formula is C21H24Cl2N5O+. The number of halogens is 2. The van der Waals surface area contributed by atoms with Gasteiger partial charge in [-0.05, 0) is 54.8 Å². The van der Waals surface area contributed by atoms with Crippen molar-refractivity contribution in [2.24, 2.45) is 5.73 Å². The van der Waals surface area contributed by atoms with Crippen LogP contribution >= 0.6 is 23.2 Å². The van der Waals surface area contributed by atoms with Crippen LogP contribution in [0.1, 0.15) is 25.3 Å². The van der Waals surface area contributed by atoms with Gasteiger partial charge < -0.3 is 16.0 Å². The van der Waals surface area contributed by atoms with Crippen LogP contribution < -0.4 is 11.1 Å². The second kappa shape index (κ2) is 9.29. The quantitative estimate of drug-likeness (QED) is 0.375. The number of rotatable bonds is 4. The number of carbonyl (C=O) groups is 1. The van der Waals surface area contributed by atoms with Crippen LogP contribution in [0.2, 0.25) is 10.0 Å². The summed E-state index contributed by atoms with van der Waals surface area (Å²) in [5.74, 6) is 0.818. The Morgan fingerprint density at radius 3 is 2.34 bits per heavy atom. The zero-order valence-corrected chi connectivity index (χ0v) is 17.7. The van der Waals surface area contributed by atoms with Crippen molar-refractivity contribution < 1.29 is 9.37 Å². The van der Waals surface area contributed by atoms with Gasteiger partial charge >= 0.3 is 6.03 Å². The van der Waals surface area contributed by atoms with Crippen molar-refractivity contribution in [1.82, 2.24) is 4.90 Å². The van der Waals surface area contributed by atoms with Gasteiger partial charge in [-0.25, -0.2) is 9.37 Å². The van der Waals surface area contributed by atoms with E-state index < -0.39 is 0 Å². The number of amidine groups is 2. The fourth-order valence-corrected chi connectivity index (χ4v) is 3.63. The molecule has 1 aliphatic heterocycles. The Bertz CT molecular complexity index is 921. The van der Waals surface area contributed by atoms with Crippen LogP contribution in [0.4, 0.5) is 10.5 Å². The van der Waals surface area contributed by atoms with E-state index in [0.717, 1.165) is 18.4 Å². The SMILES string of the molecule is CC(N)=[N+](Cc1ccc(Cl)cc1)C(=N)[C@H]1CCCN1C(=O)Nc1ccc(Cl)cc1. The number of carbonyl (C=O) groups excluding carboxylic acids is 1. The number of hydrogen-bond acceptors (Lipinski definition) is 2. The molecule has 8 heteroatoms. The lowest BCUT2D eigenvalue weighted by atomic mass is 10.1. The minimum Gasteiger partial charge on any atom is -0.322 e. The maximum atomic E-state index is 12.8. The van der Waals surface area contributed by atoms with Crippen LogP contribution in [-0.2, 0) is 6.54 Å². The predicted molar refractivity (Wildman–Crippen MR) is 118 cm³/mol. The van der Waals surface area contributed by atoms with E-state index in [1.807, 2.05) is 24.3 Å². The number of likely N-dealkylation sites (tertiary alicyclic amines) is 1. The molecule has 6 nitrogen and oxygen atoms in total. The van der Waals surface area contributed by atoms with Gasteiger partial charge in [0, 0.05) is 29.2 Å². The number of nitrogens with one attached hydrogen (secondary N) is 2. The van der Waals surface area contributed by atoms with Crippen LogP contribution in [0.5, 0.6) is 0 Å². The third kappa shape index (κ3) is 5.28. The van der Waals surface area contributed by atoms with Crippen LogP contribution in [0.15, 0.2) is 48.5 Å². The van der Waals surface area contributed by atoms with Crippen molar-refractivity contribution >= 4 is 46.6 Å². The first-order valence-corrected chi connectivity index (χ1v) is 10.1. The Morgan fingerprint density at radius 1 is 1.17 bits per heavy atom. The van der Waals surface area contributed by atoms with Gasteiger partial charge in [-0.15, -0.1) is 0 Å². The third-order valence-electron chi connectivity index (χ3n) is 4.90. The molecule has 1 aliphatic rings. The van der Waals surface area contributed by atoms with E-state index in [-0.39, 0.29) is 12.1 Å². The fraction of sp³-hybridized carbons (Fsp3) is 0.286. The molecule has 4 N–H and O–H groups in total. The van der Waals surface area contributed by atoms with Crippen molar-refractivity contribution in [2.45, 2.75) is 32.4 Å². The molecule has 2 aromatic rings. The lowest BCUT2D eigenvalue weighted by Gasteiger charge is -2.25. The van der Waals surface area contributed by atoms with Gasteiger partial charge in [-0.1, -0.05) is 35.3 Å². The summed E-state index contributed by atoms with van der Waals surface area (Å²) in [6.07, 6.45) is 1.55. The Kier molecular flexibility index (Phi) is 6.77. The summed E-state index contributed by atoms with van der Waals surface area (Å²) in [5, 5.41) is 12.9. The summed E-state index contributed by atoms with van der Waals surface area (Å²) in [6, 6.07) is 13.8. The highest BCUT2D eigenvalue weighted by atomic mass is 35.5. The van der Waals surface area contributed by atoms with E-state index in [1.165, 1.54) is 0 Å². The molecule has 2 amide bonds. The summed E-state index contributed by atoms with van der Waals surface area (Å²) in [5.41, 5.74) is 7.73. The fourth-order valence-electron chi connectivity index (χ4n) is 3.37. The highest BCUT2D eigenvalue weighted by Gasteiger charge is 2.36. The van der Waals surface area contributed by atoms with Gasteiger partial charge in [0.15, 0.2) is 5.84 Å². The van der Waals surface area contributed by atoms with Crippen molar-refractivity contribution in [3.8, 4) is 0 Å². The molecule has 2 aromatic carbocycles.